The van der Waals surface area contributed by atoms with E-state index in [2.05, 4.69) is 41.7 Å². The molecule has 0 bridgehead atoms. The summed E-state index contributed by atoms with van der Waals surface area (Å²) < 4.78 is 1.21. The Morgan fingerprint density at radius 1 is 0.735 bits per heavy atom. The van der Waals surface area contributed by atoms with E-state index in [9.17, 15) is 19.5 Å². The first kappa shape index (κ1) is 33.5. The van der Waals surface area contributed by atoms with Gasteiger partial charge in [0.15, 0.2) is 0 Å². The van der Waals surface area contributed by atoms with E-state index in [4.69, 9.17) is 0 Å². The maximum atomic E-state index is 14.6. The molecule has 0 unspecified atom stereocenters. The second kappa shape index (κ2) is 14.5. The first-order chi connectivity index (χ1) is 23.9. The molecular weight excluding hydrogens is 612 g/mol. The zero-order chi connectivity index (χ0) is 33.8. The molecule has 4 fully saturated rings. The van der Waals surface area contributed by atoms with Gasteiger partial charge in [0.2, 0.25) is 17.7 Å². The van der Waals surface area contributed by atoms with E-state index in [0.29, 0.717) is 25.4 Å². The van der Waals surface area contributed by atoms with Crippen molar-refractivity contribution in [2.45, 2.75) is 75.0 Å². The Hall–Kier alpha value is -4.01. The maximum Gasteiger partial charge on any atom is 0.246 e. The molecule has 2 N–H and O–H groups in total. The third-order valence-corrected chi connectivity index (χ3v) is 11.9. The van der Waals surface area contributed by atoms with Crippen LogP contribution in [0, 0.1) is 5.92 Å². The van der Waals surface area contributed by atoms with E-state index < -0.39 is 23.6 Å². The Kier molecular flexibility index (Phi) is 9.88. The fraction of sp³-hybridized carbons (Fsp3) is 0.488. The number of amides is 3. The summed E-state index contributed by atoms with van der Waals surface area (Å²) >= 11 is 0. The molecule has 3 aromatic carbocycles. The summed E-state index contributed by atoms with van der Waals surface area (Å²) in [6.45, 7) is 6.17. The molecule has 7 rings (SSSR count). The Labute approximate surface area is 290 Å². The molecule has 0 aliphatic carbocycles. The van der Waals surface area contributed by atoms with Crippen molar-refractivity contribution in [2.24, 2.45) is 5.92 Å². The number of hydrogen-bond acceptors (Lipinski definition) is 4. The van der Waals surface area contributed by atoms with Crippen molar-refractivity contribution >= 4 is 17.7 Å². The number of β-amino-alcohol motifs (C(OH)–C–C–N with tert-alkyl or cyclic N) is 1. The lowest BCUT2D eigenvalue weighted by atomic mass is 9.67. The van der Waals surface area contributed by atoms with Crippen LogP contribution in [0.15, 0.2) is 91.0 Å². The van der Waals surface area contributed by atoms with Crippen LogP contribution in [0.4, 0.5) is 0 Å². The highest BCUT2D eigenvalue weighted by Crippen LogP contribution is 2.43. The van der Waals surface area contributed by atoms with Gasteiger partial charge in [-0.2, -0.15) is 0 Å². The Balaban J connectivity index is 1.10. The van der Waals surface area contributed by atoms with Crippen LogP contribution in [0.2, 0.25) is 0 Å². The molecule has 4 aliphatic rings. The van der Waals surface area contributed by atoms with Gasteiger partial charge >= 0.3 is 0 Å². The predicted octanol–water partition coefficient (Wildman–Crippen LogP) is 4.50. The lowest BCUT2D eigenvalue weighted by molar-refractivity contribution is -0.924. The molecule has 258 valence electrons. The number of benzene rings is 3. The highest BCUT2D eigenvalue weighted by Gasteiger charge is 2.47. The van der Waals surface area contributed by atoms with Crippen LogP contribution < -0.4 is 5.32 Å². The van der Waals surface area contributed by atoms with E-state index in [1.807, 2.05) is 54.6 Å². The van der Waals surface area contributed by atoms with Crippen LogP contribution in [0.3, 0.4) is 0 Å². The van der Waals surface area contributed by atoms with E-state index in [1.165, 1.54) is 43.4 Å². The summed E-state index contributed by atoms with van der Waals surface area (Å²) in [7, 11) is 0. The van der Waals surface area contributed by atoms with Gasteiger partial charge in [-0.1, -0.05) is 91.0 Å². The largest absolute Gasteiger partial charge is 0.391 e. The molecule has 3 aromatic rings. The summed E-state index contributed by atoms with van der Waals surface area (Å²) in [5.41, 5.74) is 2.13. The fourth-order valence-corrected chi connectivity index (χ4v) is 9.51. The zero-order valence-corrected chi connectivity index (χ0v) is 28.6. The molecule has 8 nitrogen and oxygen atoms in total. The summed E-state index contributed by atoms with van der Waals surface area (Å²) in [6, 6.07) is 28.9. The van der Waals surface area contributed by atoms with Crippen molar-refractivity contribution in [3.63, 3.8) is 0 Å². The third kappa shape index (κ3) is 6.78. The molecule has 4 heterocycles. The number of likely N-dealkylation sites (tertiary alicyclic amines) is 2. The van der Waals surface area contributed by atoms with Crippen LogP contribution in [0.5, 0.6) is 0 Å². The first-order valence-corrected chi connectivity index (χ1v) is 18.5. The van der Waals surface area contributed by atoms with Crippen LogP contribution >= 0.6 is 0 Å². The van der Waals surface area contributed by atoms with Crippen LogP contribution in [0.25, 0.3) is 0 Å². The maximum absolute atomic E-state index is 14.6. The predicted molar refractivity (Wildman–Crippen MR) is 189 cm³/mol. The SMILES string of the molecule is O=C(NC[C@H]1CCC[N+]2(CCCC2)C1)[C@H]1CCCN1C(=O)[C@@H]1C[C@@H](O)CN1C(=O)CC(c1ccccc1)(c1ccccc1)c1ccccc1. The third-order valence-electron chi connectivity index (χ3n) is 11.9. The van der Waals surface area contributed by atoms with Crippen molar-refractivity contribution in [1.29, 1.82) is 0 Å². The van der Waals surface area contributed by atoms with Gasteiger partial charge in [-0.3, -0.25) is 14.4 Å². The number of aliphatic hydroxyl groups is 1. The topological polar surface area (TPSA) is 89.9 Å². The number of aliphatic hydroxyl groups excluding tert-OH is 1. The number of carbonyl (C=O) groups excluding carboxylic acids is 3. The van der Waals surface area contributed by atoms with Gasteiger partial charge in [-0.15, -0.1) is 0 Å². The molecule has 0 saturated carbocycles. The van der Waals surface area contributed by atoms with Gasteiger partial charge < -0.3 is 24.7 Å². The number of hydrogen-bond donors (Lipinski definition) is 2. The van der Waals surface area contributed by atoms with Crippen LogP contribution in [-0.4, -0.2) is 101 Å². The van der Waals surface area contributed by atoms with Crippen molar-refractivity contribution in [3.05, 3.63) is 108 Å². The second-order valence-electron chi connectivity index (χ2n) is 15.0. The van der Waals surface area contributed by atoms with Crippen molar-refractivity contribution in [3.8, 4) is 0 Å². The molecule has 4 aliphatic heterocycles. The molecule has 4 saturated heterocycles. The number of piperidine rings is 1. The van der Waals surface area contributed by atoms with E-state index in [1.54, 1.807) is 9.80 Å². The minimum atomic E-state index is -0.813. The van der Waals surface area contributed by atoms with Gasteiger partial charge in [-0.25, -0.2) is 0 Å². The standard InChI is InChI=1S/C41H50N4O4/c46-35-26-37(40(49)43-22-12-21-36(43)39(48)42-28-31-14-13-25-45(30-31)23-10-11-24-45)44(29-35)38(47)27-41(32-15-4-1-5-16-32,33-17-6-2-7-18-33)34-19-8-3-9-20-34/h1-9,15-20,31,35-37,46H,10-14,21-30H2/p+1/t31-,35-,36-,37+/m1/s1. The van der Waals surface area contributed by atoms with Gasteiger partial charge in [0.1, 0.15) is 12.1 Å². The summed E-state index contributed by atoms with van der Waals surface area (Å²) in [5, 5.41) is 14.1. The normalized spacial score (nSPS) is 25.1. The number of carbonyl (C=O) groups is 3. The quantitative estimate of drug-likeness (QED) is 0.261. The van der Waals surface area contributed by atoms with Gasteiger partial charge in [-0.05, 0) is 42.4 Å². The monoisotopic (exact) mass is 663 g/mol. The van der Waals surface area contributed by atoms with Crippen molar-refractivity contribution < 1.29 is 24.0 Å². The minimum absolute atomic E-state index is 0.0860. The molecule has 49 heavy (non-hydrogen) atoms. The van der Waals surface area contributed by atoms with Crippen LogP contribution in [-0.2, 0) is 19.8 Å². The molecule has 8 heteroatoms. The smallest absolute Gasteiger partial charge is 0.246 e. The first-order valence-electron chi connectivity index (χ1n) is 18.5. The van der Waals surface area contributed by atoms with E-state index in [-0.39, 0.29) is 37.1 Å². The molecule has 3 amide bonds. The van der Waals surface area contributed by atoms with Gasteiger partial charge in [0.05, 0.1) is 37.7 Å². The number of nitrogens with zero attached hydrogens (tertiary/aromatic N) is 3. The molecule has 1 spiro atoms. The van der Waals surface area contributed by atoms with Crippen LogP contribution in [0.1, 0.15) is 68.1 Å². The highest BCUT2D eigenvalue weighted by atomic mass is 16.3. The second-order valence-corrected chi connectivity index (χ2v) is 15.0. The minimum Gasteiger partial charge on any atom is -0.391 e. The van der Waals surface area contributed by atoms with Gasteiger partial charge in [0.25, 0.3) is 0 Å². The fourth-order valence-electron chi connectivity index (χ4n) is 9.51. The summed E-state index contributed by atoms with van der Waals surface area (Å²) in [6.07, 6.45) is 5.78. The Morgan fingerprint density at radius 3 is 1.90 bits per heavy atom. The number of rotatable bonds is 9. The van der Waals surface area contributed by atoms with E-state index >= 15 is 0 Å². The lowest BCUT2D eigenvalue weighted by Gasteiger charge is -2.41. The molecular formula is C41H51N4O4+. The summed E-state index contributed by atoms with van der Waals surface area (Å²) in [4.78, 5) is 45.8. The van der Waals surface area contributed by atoms with E-state index in [0.717, 1.165) is 36.1 Å². The molecule has 0 aromatic heterocycles. The van der Waals surface area contributed by atoms with Crippen molar-refractivity contribution in [1.82, 2.24) is 15.1 Å². The Morgan fingerprint density at radius 2 is 1.31 bits per heavy atom. The number of nitrogens with one attached hydrogen (secondary N) is 1. The Bertz CT molecular complexity index is 1500. The average Bonchev–Trinajstić information content (AvgIpc) is 3.91. The molecule has 4 atom stereocenters. The lowest BCUT2D eigenvalue weighted by Crippen LogP contribution is -2.55. The van der Waals surface area contributed by atoms with Crippen molar-refractivity contribution in [2.75, 3.05) is 45.8 Å². The highest BCUT2D eigenvalue weighted by molar-refractivity contribution is 5.93. The summed E-state index contributed by atoms with van der Waals surface area (Å²) in [5.74, 6) is -0.0370. The molecule has 0 radical (unpaired) electrons. The zero-order valence-electron chi connectivity index (χ0n) is 28.6. The number of quaternary nitrogens is 1. The average molecular weight is 664 g/mol. The van der Waals surface area contributed by atoms with Gasteiger partial charge in [0, 0.05) is 51.2 Å².